The Morgan fingerprint density at radius 1 is 1.07 bits per heavy atom. The van der Waals surface area contributed by atoms with Crippen LogP contribution < -0.4 is 0 Å². The molecule has 2 saturated heterocycles. The summed E-state index contributed by atoms with van der Waals surface area (Å²) in [6, 6.07) is 14.6. The van der Waals surface area contributed by atoms with Crippen molar-refractivity contribution in [3.63, 3.8) is 0 Å². The van der Waals surface area contributed by atoms with Gasteiger partial charge in [0.05, 0.1) is 23.8 Å². The molecule has 3 aromatic rings. The molecule has 27 heavy (non-hydrogen) atoms. The topological polar surface area (TPSA) is 43.7 Å². The molecule has 0 bridgehead atoms. The van der Waals surface area contributed by atoms with Crippen LogP contribution in [0.4, 0.5) is 0 Å². The van der Waals surface area contributed by atoms with E-state index in [1.165, 1.54) is 10.3 Å². The maximum absolute atomic E-state index is 13.1. The second-order valence-electron chi connectivity index (χ2n) is 7.14. The van der Waals surface area contributed by atoms with Crippen molar-refractivity contribution in [3.8, 4) is 10.6 Å². The van der Waals surface area contributed by atoms with E-state index in [2.05, 4.69) is 40.3 Å². The van der Waals surface area contributed by atoms with Gasteiger partial charge in [0.15, 0.2) is 5.79 Å². The van der Waals surface area contributed by atoms with Gasteiger partial charge in [-0.2, -0.15) is 0 Å². The summed E-state index contributed by atoms with van der Waals surface area (Å²) < 4.78 is 13.7. The van der Waals surface area contributed by atoms with Gasteiger partial charge in [0, 0.05) is 36.8 Å². The molecule has 0 aliphatic carbocycles. The van der Waals surface area contributed by atoms with Gasteiger partial charge in [-0.25, -0.2) is 0 Å². The molecule has 0 N–H and O–H groups in total. The highest BCUT2D eigenvalue weighted by molar-refractivity contribution is 7.13. The minimum absolute atomic E-state index is 0.155. The lowest BCUT2D eigenvalue weighted by Gasteiger charge is -2.37. The van der Waals surface area contributed by atoms with Gasteiger partial charge in [0.1, 0.15) is 6.54 Å². The van der Waals surface area contributed by atoms with Crippen molar-refractivity contribution in [2.45, 2.75) is 25.2 Å². The number of thiophene rings is 1. The van der Waals surface area contributed by atoms with Crippen LogP contribution in [0.15, 0.2) is 47.8 Å². The van der Waals surface area contributed by atoms with Gasteiger partial charge in [-0.1, -0.05) is 24.3 Å². The molecule has 5 nitrogen and oxygen atoms in total. The third-order valence-electron chi connectivity index (χ3n) is 5.57. The monoisotopic (exact) mass is 382 g/mol. The van der Waals surface area contributed by atoms with Crippen LogP contribution in [-0.4, -0.2) is 47.5 Å². The number of hydrogen-bond acceptors (Lipinski definition) is 4. The van der Waals surface area contributed by atoms with E-state index in [4.69, 9.17) is 9.47 Å². The van der Waals surface area contributed by atoms with E-state index in [9.17, 15) is 4.79 Å². The van der Waals surface area contributed by atoms with Crippen LogP contribution in [0.5, 0.6) is 0 Å². The summed E-state index contributed by atoms with van der Waals surface area (Å²) in [5.41, 5.74) is 2.21. The Morgan fingerprint density at radius 2 is 1.85 bits per heavy atom. The zero-order valence-electron chi connectivity index (χ0n) is 15.1. The molecule has 2 aliphatic rings. The number of amides is 1. The highest BCUT2D eigenvalue weighted by atomic mass is 32.1. The fourth-order valence-corrected chi connectivity index (χ4v) is 4.88. The summed E-state index contributed by atoms with van der Waals surface area (Å²) in [6.07, 6.45) is 1.51. The molecule has 2 aromatic heterocycles. The molecule has 0 saturated carbocycles. The first-order chi connectivity index (χ1) is 13.2. The number of nitrogens with zero attached hydrogens (tertiary/aromatic N) is 2. The minimum Gasteiger partial charge on any atom is -0.347 e. The molecule has 0 unspecified atom stereocenters. The van der Waals surface area contributed by atoms with Crippen LogP contribution in [0, 0.1) is 0 Å². The van der Waals surface area contributed by atoms with Crippen molar-refractivity contribution in [1.29, 1.82) is 0 Å². The molecule has 0 radical (unpaired) electrons. The predicted molar refractivity (Wildman–Crippen MR) is 106 cm³/mol. The highest BCUT2D eigenvalue weighted by Gasteiger charge is 2.40. The molecule has 140 valence electrons. The van der Waals surface area contributed by atoms with Crippen molar-refractivity contribution in [3.05, 3.63) is 47.8 Å². The fraction of sp³-hybridized carbons (Fsp3) is 0.381. The Morgan fingerprint density at radius 3 is 2.59 bits per heavy atom. The Balaban J connectivity index is 1.39. The van der Waals surface area contributed by atoms with Gasteiger partial charge in [0.25, 0.3) is 0 Å². The standard InChI is InChI=1S/C21H22N2O3S/c24-20(22-9-7-21(8-10-22)25-11-12-26-21)15-23-17-5-2-1-4-16(17)14-18(23)19-6-3-13-27-19/h1-6,13-14H,7-12,15H2. The number of likely N-dealkylation sites (tertiary alicyclic amines) is 1. The number of piperidine rings is 1. The number of hydrogen-bond donors (Lipinski definition) is 0. The second-order valence-corrected chi connectivity index (χ2v) is 8.09. The van der Waals surface area contributed by atoms with Gasteiger partial charge in [0.2, 0.25) is 5.91 Å². The van der Waals surface area contributed by atoms with E-state index in [-0.39, 0.29) is 5.91 Å². The molecule has 0 atom stereocenters. The first kappa shape index (κ1) is 17.0. The van der Waals surface area contributed by atoms with Crippen molar-refractivity contribution in [1.82, 2.24) is 9.47 Å². The smallest absolute Gasteiger partial charge is 0.242 e. The molecule has 2 aliphatic heterocycles. The van der Waals surface area contributed by atoms with E-state index >= 15 is 0 Å². The summed E-state index contributed by atoms with van der Waals surface area (Å²) in [6.45, 7) is 3.05. The summed E-state index contributed by atoms with van der Waals surface area (Å²) in [4.78, 5) is 16.2. The van der Waals surface area contributed by atoms with Crippen LogP contribution in [0.25, 0.3) is 21.5 Å². The fourth-order valence-electron chi connectivity index (χ4n) is 4.13. The number of ether oxygens (including phenoxy) is 2. The zero-order chi connectivity index (χ0) is 18.3. The lowest BCUT2D eigenvalue weighted by Crippen LogP contribution is -2.48. The van der Waals surface area contributed by atoms with Gasteiger partial charge in [-0.15, -0.1) is 11.3 Å². The second kappa shape index (κ2) is 6.78. The van der Waals surface area contributed by atoms with E-state index in [0.717, 1.165) is 24.1 Å². The average molecular weight is 382 g/mol. The first-order valence-electron chi connectivity index (χ1n) is 9.42. The molecule has 1 aromatic carbocycles. The lowest BCUT2D eigenvalue weighted by atomic mass is 10.0. The number of carbonyl (C=O) groups excluding carboxylic acids is 1. The molecular weight excluding hydrogens is 360 g/mol. The van der Waals surface area contributed by atoms with Crippen LogP contribution in [0.2, 0.25) is 0 Å². The van der Waals surface area contributed by atoms with Gasteiger partial charge in [-0.3, -0.25) is 4.79 Å². The number of para-hydroxylation sites is 1. The Hall–Kier alpha value is -2.15. The molecule has 1 amide bonds. The van der Waals surface area contributed by atoms with E-state index in [1.54, 1.807) is 11.3 Å². The summed E-state index contributed by atoms with van der Waals surface area (Å²) >= 11 is 1.70. The number of carbonyl (C=O) groups is 1. The van der Waals surface area contributed by atoms with Gasteiger partial charge < -0.3 is 18.9 Å². The highest BCUT2D eigenvalue weighted by Crippen LogP contribution is 2.33. The Labute approximate surface area is 162 Å². The normalized spacial score (nSPS) is 19.2. The summed E-state index contributed by atoms with van der Waals surface area (Å²) in [7, 11) is 0. The molecule has 6 heteroatoms. The molecule has 4 heterocycles. The van der Waals surface area contributed by atoms with Gasteiger partial charge >= 0.3 is 0 Å². The zero-order valence-corrected chi connectivity index (χ0v) is 15.9. The van der Waals surface area contributed by atoms with E-state index < -0.39 is 5.79 Å². The van der Waals surface area contributed by atoms with Crippen molar-refractivity contribution < 1.29 is 14.3 Å². The lowest BCUT2D eigenvalue weighted by molar-refractivity contribution is -0.187. The number of rotatable bonds is 3. The first-order valence-corrected chi connectivity index (χ1v) is 10.3. The van der Waals surface area contributed by atoms with Crippen molar-refractivity contribution in [2.75, 3.05) is 26.3 Å². The van der Waals surface area contributed by atoms with Crippen LogP contribution in [0.1, 0.15) is 12.8 Å². The number of benzene rings is 1. The maximum Gasteiger partial charge on any atom is 0.242 e. The maximum atomic E-state index is 13.1. The third-order valence-corrected chi connectivity index (χ3v) is 6.46. The van der Waals surface area contributed by atoms with Crippen molar-refractivity contribution in [2.24, 2.45) is 0 Å². The Bertz CT molecular complexity index is 947. The van der Waals surface area contributed by atoms with Crippen molar-refractivity contribution >= 4 is 28.1 Å². The summed E-state index contributed by atoms with van der Waals surface area (Å²) in [5, 5.41) is 3.24. The summed E-state index contributed by atoms with van der Waals surface area (Å²) in [5.74, 6) is -0.291. The van der Waals surface area contributed by atoms with Crippen LogP contribution in [-0.2, 0) is 20.8 Å². The quantitative estimate of drug-likeness (QED) is 0.693. The third kappa shape index (κ3) is 3.08. The molecular formula is C21H22N2O3S. The molecule has 5 rings (SSSR count). The number of aromatic nitrogens is 1. The molecule has 2 fully saturated rings. The average Bonchev–Trinajstić information content (AvgIpc) is 3.43. The molecule has 1 spiro atoms. The Kier molecular flexibility index (Phi) is 4.27. The van der Waals surface area contributed by atoms with Crippen LogP contribution >= 0.6 is 11.3 Å². The predicted octanol–water partition coefficient (Wildman–Crippen LogP) is 3.74. The van der Waals surface area contributed by atoms with Crippen LogP contribution in [0.3, 0.4) is 0 Å². The van der Waals surface area contributed by atoms with E-state index in [1.807, 2.05) is 17.0 Å². The van der Waals surface area contributed by atoms with Gasteiger partial charge in [-0.05, 0) is 23.6 Å². The minimum atomic E-state index is -0.445. The van der Waals surface area contributed by atoms with E-state index in [0.29, 0.717) is 32.8 Å². The largest absolute Gasteiger partial charge is 0.347 e. The SMILES string of the molecule is O=C(Cn1c(-c2cccs2)cc2ccccc21)N1CCC2(CC1)OCCO2. The number of fused-ring (bicyclic) bond motifs is 1.